The maximum Gasteiger partial charge on any atom is 0.358 e. The molecule has 1 atom stereocenters. The van der Waals surface area contributed by atoms with Crippen LogP contribution in [0, 0.1) is 0 Å². The summed E-state index contributed by atoms with van der Waals surface area (Å²) >= 11 is 0. The molecule has 4 heteroatoms. The molecule has 0 radical (unpaired) electrons. The van der Waals surface area contributed by atoms with Gasteiger partial charge in [0.2, 0.25) is 0 Å². The molecule has 0 saturated heterocycles. The van der Waals surface area contributed by atoms with E-state index in [1.807, 2.05) is 0 Å². The van der Waals surface area contributed by atoms with Gasteiger partial charge in [0.15, 0.2) is 0 Å². The summed E-state index contributed by atoms with van der Waals surface area (Å²) in [6, 6.07) is 0. The molecule has 0 aromatic rings. The molecule has 0 amide bonds. The molecular weight excluding hydrogens is 206 g/mol. The quantitative estimate of drug-likeness (QED) is 0.739. The van der Waals surface area contributed by atoms with Crippen molar-refractivity contribution >= 4 is 8.56 Å². The van der Waals surface area contributed by atoms with E-state index < -0.39 is 8.56 Å². The second-order valence-electron chi connectivity index (χ2n) is 4.48. The first-order valence-corrected chi connectivity index (χ1v) is 8.04. The van der Waals surface area contributed by atoms with E-state index >= 15 is 0 Å². The average Bonchev–Trinajstić information content (AvgIpc) is 2.32. The van der Waals surface area contributed by atoms with Crippen molar-refractivity contribution in [3.05, 3.63) is 0 Å². The molecule has 90 valence electrons. The molecule has 0 aliphatic heterocycles. The van der Waals surface area contributed by atoms with Crippen LogP contribution < -0.4 is 5.73 Å². The Labute approximate surface area is 94.6 Å². The Bertz CT molecular complexity index is 179. The molecule has 1 unspecified atom stereocenters. The van der Waals surface area contributed by atoms with Crippen LogP contribution in [0.4, 0.5) is 0 Å². The van der Waals surface area contributed by atoms with Gasteiger partial charge in [-0.25, -0.2) is 0 Å². The van der Waals surface area contributed by atoms with Gasteiger partial charge < -0.3 is 14.6 Å². The van der Waals surface area contributed by atoms with Crippen molar-refractivity contribution in [2.24, 2.45) is 5.73 Å². The van der Waals surface area contributed by atoms with Crippen LogP contribution in [-0.4, -0.2) is 28.4 Å². The van der Waals surface area contributed by atoms with Gasteiger partial charge in [0, 0.05) is 25.4 Å². The molecule has 1 saturated carbocycles. The summed E-state index contributed by atoms with van der Waals surface area (Å²) < 4.78 is 11.5. The van der Waals surface area contributed by atoms with Crippen LogP contribution >= 0.6 is 0 Å². The summed E-state index contributed by atoms with van der Waals surface area (Å²) in [6.45, 7) is 2.12. The van der Waals surface area contributed by atoms with E-state index in [1.54, 1.807) is 14.2 Å². The Morgan fingerprint density at radius 3 is 2.13 bits per heavy atom. The SMILES string of the molecule is CCC(N)[Si](OC)(OC)C1CCCCC1. The van der Waals surface area contributed by atoms with Crippen LogP contribution in [0.5, 0.6) is 0 Å². The molecule has 1 fully saturated rings. The maximum absolute atomic E-state index is 6.22. The zero-order valence-electron chi connectivity index (χ0n) is 10.3. The molecule has 1 rings (SSSR count). The van der Waals surface area contributed by atoms with E-state index in [0.717, 1.165) is 6.42 Å². The van der Waals surface area contributed by atoms with Crippen molar-refractivity contribution in [3.63, 3.8) is 0 Å². The van der Waals surface area contributed by atoms with Crippen molar-refractivity contribution in [1.29, 1.82) is 0 Å². The van der Waals surface area contributed by atoms with Gasteiger partial charge in [-0.2, -0.15) is 0 Å². The van der Waals surface area contributed by atoms with Crippen molar-refractivity contribution < 1.29 is 8.85 Å². The van der Waals surface area contributed by atoms with Gasteiger partial charge in [-0.05, 0) is 19.3 Å². The van der Waals surface area contributed by atoms with E-state index in [4.69, 9.17) is 14.6 Å². The van der Waals surface area contributed by atoms with Gasteiger partial charge in [0.1, 0.15) is 0 Å². The standard InChI is InChI=1S/C11H25NO2Si/c1-4-11(12)15(13-2,14-3)10-8-6-5-7-9-10/h10-11H,4-9,12H2,1-3H3. The lowest BCUT2D eigenvalue weighted by Gasteiger charge is -2.40. The van der Waals surface area contributed by atoms with Crippen molar-refractivity contribution in [1.82, 2.24) is 0 Å². The average molecular weight is 231 g/mol. The molecule has 3 nitrogen and oxygen atoms in total. The highest BCUT2D eigenvalue weighted by Crippen LogP contribution is 2.39. The van der Waals surface area contributed by atoms with Crippen LogP contribution in [0.15, 0.2) is 0 Å². The van der Waals surface area contributed by atoms with Crippen molar-refractivity contribution in [2.45, 2.75) is 56.7 Å². The molecule has 1 aliphatic rings. The zero-order valence-corrected chi connectivity index (χ0v) is 11.3. The number of nitrogens with two attached hydrogens (primary N) is 1. The number of hydrogen-bond acceptors (Lipinski definition) is 3. The second-order valence-corrected chi connectivity index (χ2v) is 8.30. The third kappa shape index (κ3) is 2.61. The van der Waals surface area contributed by atoms with Gasteiger partial charge in [-0.3, -0.25) is 0 Å². The van der Waals surface area contributed by atoms with E-state index in [0.29, 0.717) is 5.54 Å². The van der Waals surface area contributed by atoms with E-state index in [2.05, 4.69) is 6.92 Å². The normalized spacial score (nSPS) is 21.6. The summed E-state index contributed by atoms with van der Waals surface area (Å²) in [7, 11) is 1.39. The highest BCUT2D eigenvalue weighted by Gasteiger charge is 2.49. The Morgan fingerprint density at radius 1 is 1.20 bits per heavy atom. The van der Waals surface area contributed by atoms with E-state index in [1.165, 1.54) is 32.1 Å². The molecule has 0 heterocycles. The maximum atomic E-state index is 6.22. The van der Waals surface area contributed by atoms with Gasteiger partial charge in [0.25, 0.3) is 0 Å². The summed E-state index contributed by atoms with van der Waals surface area (Å²) in [5.74, 6) is 0. The minimum atomic E-state index is -2.17. The van der Waals surface area contributed by atoms with E-state index in [-0.39, 0.29) is 5.67 Å². The summed E-state index contributed by atoms with van der Waals surface area (Å²) in [6.07, 6.45) is 7.40. The fourth-order valence-corrected chi connectivity index (χ4v) is 6.64. The van der Waals surface area contributed by atoms with Gasteiger partial charge in [0.05, 0.1) is 0 Å². The summed E-state index contributed by atoms with van der Waals surface area (Å²) in [5, 5.41) is 0. The summed E-state index contributed by atoms with van der Waals surface area (Å²) in [5.41, 5.74) is 6.92. The fourth-order valence-electron chi connectivity index (χ4n) is 2.81. The van der Waals surface area contributed by atoms with Crippen molar-refractivity contribution in [2.75, 3.05) is 14.2 Å². The number of rotatable bonds is 5. The topological polar surface area (TPSA) is 44.5 Å². The minimum Gasteiger partial charge on any atom is -0.397 e. The lowest BCUT2D eigenvalue weighted by atomic mass is 10.0. The lowest BCUT2D eigenvalue weighted by molar-refractivity contribution is 0.204. The monoisotopic (exact) mass is 231 g/mol. The Balaban J connectivity index is 2.77. The largest absolute Gasteiger partial charge is 0.397 e. The lowest BCUT2D eigenvalue weighted by Crippen LogP contribution is -2.60. The fraction of sp³-hybridized carbons (Fsp3) is 1.00. The molecular formula is C11H25NO2Si. The Morgan fingerprint density at radius 2 is 1.73 bits per heavy atom. The van der Waals surface area contributed by atoms with Crippen LogP contribution in [0.25, 0.3) is 0 Å². The van der Waals surface area contributed by atoms with Gasteiger partial charge >= 0.3 is 8.56 Å². The molecule has 0 spiro atoms. The van der Waals surface area contributed by atoms with Crippen LogP contribution in [-0.2, 0) is 8.85 Å². The molecule has 0 aromatic carbocycles. The van der Waals surface area contributed by atoms with Crippen LogP contribution in [0.1, 0.15) is 45.4 Å². The highest BCUT2D eigenvalue weighted by atomic mass is 28.4. The first-order valence-electron chi connectivity index (χ1n) is 6.07. The Hall–Kier alpha value is 0.0969. The molecule has 0 aromatic heterocycles. The predicted molar refractivity (Wildman–Crippen MR) is 64.9 cm³/mol. The van der Waals surface area contributed by atoms with Crippen molar-refractivity contribution in [3.8, 4) is 0 Å². The third-order valence-corrected chi connectivity index (χ3v) is 8.20. The minimum absolute atomic E-state index is 0.107. The molecule has 2 N–H and O–H groups in total. The number of hydrogen-bond donors (Lipinski definition) is 1. The van der Waals surface area contributed by atoms with Crippen LogP contribution in [0.2, 0.25) is 5.54 Å². The zero-order chi connectivity index (χ0) is 11.3. The van der Waals surface area contributed by atoms with E-state index in [9.17, 15) is 0 Å². The smallest absolute Gasteiger partial charge is 0.358 e. The molecule has 15 heavy (non-hydrogen) atoms. The summed E-state index contributed by atoms with van der Waals surface area (Å²) in [4.78, 5) is 0. The molecule has 1 aliphatic carbocycles. The third-order valence-electron chi connectivity index (χ3n) is 3.77. The Kier molecular flexibility index (Phi) is 5.25. The van der Waals surface area contributed by atoms with Gasteiger partial charge in [-0.1, -0.05) is 26.2 Å². The molecule has 0 bridgehead atoms. The first-order chi connectivity index (χ1) is 7.21. The predicted octanol–water partition coefficient (Wildman–Crippen LogP) is 2.33. The van der Waals surface area contributed by atoms with Gasteiger partial charge in [-0.15, -0.1) is 0 Å². The highest BCUT2D eigenvalue weighted by molar-refractivity contribution is 6.70. The first kappa shape index (κ1) is 13.2. The van der Waals surface area contributed by atoms with Crippen LogP contribution in [0.3, 0.4) is 0 Å². The second kappa shape index (κ2) is 5.99.